The SMILES string of the molecule is O=C(COc1ccc(CC(=NOCc2ccccn2)c2ccccc2)cc1)NCC1CCOCC1. The summed E-state index contributed by atoms with van der Waals surface area (Å²) in [7, 11) is 0. The van der Waals surface area contributed by atoms with Crippen LogP contribution in [0.15, 0.2) is 84.1 Å². The summed E-state index contributed by atoms with van der Waals surface area (Å²) in [6, 6.07) is 23.4. The summed E-state index contributed by atoms with van der Waals surface area (Å²) < 4.78 is 11.0. The third-order valence-electron chi connectivity index (χ3n) is 5.81. The largest absolute Gasteiger partial charge is 0.484 e. The van der Waals surface area contributed by atoms with Crippen LogP contribution in [0.4, 0.5) is 0 Å². The number of amides is 1. The van der Waals surface area contributed by atoms with E-state index in [1.165, 1.54) is 0 Å². The lowest BCUT2D eigenvalue weighted by Crippen LogP contribution is -2.35. The van der Waals surface area contributed by atoms with E-state index in [0.29, 0.717) is 31.2 Å². The van der Waals surface area contributed by atoms with E-state index in [4.69, 9.17) is 14.3 Å². The Morgan fingerprint density at radius 1 is 1.00 bits per heavy atom. The monoisotopic (exact) mass is 473 g/mol. The van der Waals surface area contributed by atoms with Gasteiger partial charge >= 0.3 is 0 Å². The van der Waals surface area contributed by atoms with E-state index in [9.17, 15) is 4.79 Å². The standard InChI is InChI=1S/C28H31N3O4/c32-28(30-19-23-13-16-33-17-14-23)21-34-26-11-9-22(10-12-26)18-27(24-6-2-1-3-7-24)31-35-20-25-8-4-5-15-29-25/h1-12,15,23H,13-14,16-21H2,(H,30,32). The lowest BCUT2D eigenvalue weighted by molar-refractivity contribution is -0.123. The molecule has 0 atom stereocenters. The number of hydrogen-bond donors (Lipinski definition) is 1. The number of carbonyl (C=O) groups is 1. The summed E-state index contributed by atoms with van der Waals surface area (Å²) in [6.07, 6.45) is 4.31. The minimum absolute atomic E-state index is 0.000647. The molecular weight excluding hydrogens is 442 g/mol. The van der Waals surface area contributed by atoms with Crippen LogP contribution in [0.25, 0.3) is 0 Å². The van der Waals surface area contributed by atoms with E-state index >= 15 is 0 Å². The number of oxime groups is 1. The number of nitrogens with zero attached hydrogens (tertiary/aromatic N) is 2. The molecule has 182 valence electrons. The van der Waals surface area contributed by atoms with Gasteiger partial charge in [0.15, 0.2) is 13.2 Å². The van der Waals surface area contributed by atoms with Gasteiger partial charge in [-0.1, -0.05) is 53.7 Å². The topological polar surface area (TPSA) is 82.0 Å². The lowest BCUT2D eigenvalue weighted by Gasteiger charge is -2.22. The first kappa shape index (κ1) is 24.4. The zero-order valence-electron chi connectivity index (χ0n) is 19.8. The molecule has 1 aromatic heterocycles. The van der Waals surface area contributed by atoms with E-state index in [1.54, 1.807) is 6.20 Å². The number of hydrogen-bond acceptors (Lipinski definition) is 6. The third-order valence-corrected chi connectivity index (χ3v) is 5.81. The van der Waals surface area contributed by atoms with Gasteiger partial charge < -0.3 is 19.6 Å². The molecule has 7 nitrogen and oxygen atoms in total. The van der Waals surface area contributed by atoms with Crippen LogP contribution in [0.2, 0.25) is 0 Å². The molecule has 1 aliphatic heterocycles. The molecule has 1 fully saturated rings. The van der Waals surface area contributed by atoms with Crippen molar-refractivity contribution in [3.8, 4) is 5.75 Å². The second-order valence-electron chi connectivity index (χ2n) is 8.47. The summed E-state index contributed by atoms with van der Waals surface area (Å²) in [5.41, 5.74) is 3.70. The van der Waals surface area contributed by atoms with E-state index in [1.807, 2.05) is 72.8 Å². The molecule has 1 amide bonds. The van der Waals surface area contributed by atoms with E-state index < -0.39 is 0 Å². The summed E-state index contributed by atoms with van der Waals surface area (Å²) in [4.78, 5) is 22.0. The lowest BCUT2D eigenvalue weighted by atomic mass is 10.0. The van der Waals surface area contributed by atoms with Crippen LogP contribution < -0.4 is 10.1 Å². The second kappa shape index (κ2) is 13.2. The number of carbonyl (C=O) groups excluding carboxylic acids is 1. The molecular formula is C28H31N3O4. The van der Waals surface area contributed by atoms with Crippen molar-refractivity contribution in [2.24, 2.45) is 11.1 Å². The molecule has 0 radical (unpaired) electrons. The Kier molecular flexibility index (Phi) is 9.24. The second-order valence-corrected chi connectivity index (χ2v) is 8.47. The van der Waals surface area contributed by atoms with Crippen LogP contribution in [-0.2, 0) is 27.4 Å². The normalized spacial score (nSPS) is 14.3. The quantitative estimate of drug-likeness (QED) is 0.334. The Hall–Kier alpha value is -3.71. The summed E-state index contributed by atoms with van der Waals surface area (Å²) >= 11 is 0. The van der Waals surface area contributed by atoms with Gasteiger partial charge in [0.2, 0.25) is 0 Å². The summed E-state index contributed by atoms with van der Waals surface area (Å²) in [6.45, 7) is 2.53. The Morgan fingerprint density at radius 2 is 1.77 bits per heavy atom. The number of ether oxygens (including phenoxy) is 2. The van der Waals surface area contributed by atoms with Gasteiger partial charge in [-0.2, -0.15) is 0 Å². The van der Waals surface area contributed by atoms with Crippen LogP contribution in [0.1, 0.15) is 29.7 Å². The third kappa shape index (κ3) is 8.22. The van der Waals surface area contributed by atoms with Gasteiger partial charge in [-0.25, -0.2) is 0 Å². The maximum Gasteiger partial charge on any atom is 0.257 e. The zero-order valence-corrected chi connectivity index (χ0v) is 19.8. The van der Waals surface area contributed by atoms with Gasteiger partial charge in [-0.15, -0.1) is 0 Å². The first-order chi connectivity index (χ1) is 17.3. The molecule has 1 saturated heterocycles. The Balaban J connectivity index is 1.29. The van der Waals surface area contributed by atoms with E-state index in [0.717, 1.165) is 48.6 Å². The Bertz CT molecular complexity index is 1070. The Morgan fingerprint density at radius 3 is 2.51 bits per heavy atom. The average molecular weight is 474 g/mol. The molecule has 0 saturated carbocycles. The smallest absolute Gasteiger partial charge is 0.257 e. The highest BCUT2D eigenvalue weighted by Crippen LogP contribution is 2.16. The van der Waals surface area contributed by atoms with Gasteiger partial charge in [0.1, 0.15) is 5.75 Å². The highest BCUT2D eigenvalue weighted by molar-refractivity contribution is 6.01. The van der Waals surface area contributed by atoms with Crippen molar-refractivity contribution in [3.63, 3.8) is 0 Å². The molecule has 2 heterocycles. The fourth-order valence-electron chi connectivity index (χ4n) is 3.78. The maximum absolute atomic E-state index is 12.1. The predicted molar refractivity (Wildman–Crippen MR) is 134 cm³/mol. The van der Waals surface area contributed by atoms with Gasteiger partial charge in [0, 0.05) is 32.4 Å². The van der Waals surface area contributed by atoms with E-state index in [2.05, 4.69) is 15.5 Å². The van der Waals surface area contributed by atoms with Gasteiger partial charge in [-0.3, -0.25) is 9.78 Å². The van der Waals surface area contributed by atoms with Crippen molar-refractivity contribution in [1.82, 2.24) is 10.3 Å². The fraction of sp³-hybridized carbons (Fsp3) is 0.321. The molecule has 35 heavy (non-hydrogen) atoms. The van der Waals surface area contributed by atoms with Crippen LogP contribution in [0.3, 0.4) is 0 Å². The number of benzene rings is 2. The molecule has 0 aliphatic carbocycles. The van der Waals surface area contributed by atoms with Crippen LogP contribution in [0.5, 0.6) is 5.75 Å². The van der Waals surface area contributed by atoms with Crippen molar-refractivity contribution in [3.05, 3.63) is 95.8 Å². The molecule has 1 aliphatic rings. The summed E-state index contributed by atoms with van der Waals surface area (Å²) in [5, 5.41) is 7.37. The molecule has 4 rings (SSSR count). The highest BCUT2D eigenvalue weighted by Gasteiger charge is 2.15. The number of nitrogens with one attached hydrogen (secondary N) is 1. The zero-order chi connectivity index (χ0) is 24.1. The molecule has 3 aromatic rings. The molecule has 0 bridgehead atoms. The predicted octanol–water partition coefficient (Wildman–Crippen LogP) is 4.17. The minimum atomic E-state index is -0.107. The van der Waals surface area contributed by atoms with E-state index in [-0.39, 0.29) is 12.5 Å². The van der Waals surface area contributed by atoms with Crippen molar-refractivity contribution in [2.75, 3.05) is 26.4 Å². The minimum Gasteiger partial charge on any atom is -0.484 e. The van der Waals surface area contributed by atoms with Crippen molar-refractivity contribution < 1.29 is 19.1 Å². The molecule has 0 spiro atoms. The van der Waals surface area contributed by atoms with Gasteiger partial charge in [-0.05, 0) is 54.2 Å². The first-order valence-corrected chi connectivity index (χ1v) is 12.0. The average Bonchev–Trinajstić information content (AvgIpc) is 2.92. The fourth-order valence-corrected chi connectivity index (χ4v) is 3.78. The first-order valence-electron chi connectivity index (χ1n) is 12.0. The number of aromatic nitrogens is 1. The van der Waals surface area contributed by atoms with Crippen molar-refractivity contribution in [1.29, 1.82) is 0 Å². The van der Waals surface area contributed by atoms with Gasteiger partial charge in [0.25, 0.3) is 5.91 Å². The number of pyridine rings is 1. The van der Waals surface area contributed by atoms with Crippen molar-refractivity contribution >= 4 is 11.6 Å². The highest BCUT2D eigenvalue weighted by atomic mass is 16.6. The van der Waals surface area contributed by atoms with Crippen LogP contribution in [-0.4, -0.2) is 43.0 Å². The maximum atomic E-state index is 12.1. The van der Waals surface area contributed by atoms with Crippen LogP contribution in [0, 0.1) is 5.92 Å². The summed E-state index contributed by atoms with van der Waals surface area (Å²) in [5.74, 6) is 1.03. The molecule has 1 N–H and O–H groups in total. The van der Waals surface area contributed by atoms with Gasteiger partial charge in [0.05, 0.1) is 11.4 Å². The van der Waals surface area contributed by atoms with Crippen LogP contribution >= 0.6 is 0 Å². The molecule has 7 heteroatoms. The molecule has 2 aromatic carbocycles. The van der Waals surface area contributed by atoms with Crippen molar-refractivity contribution in [2.45, 2.75) is 25.9 Å². The molecule has 0 unspecified atom stereocenters. The Labute approximate surface area is 206 Å². The number of rotatable bonds is 11.